The SMILES string of the molecule is CCNc1cc(N2CCC(CC)(CC)C2)ccn1. The van der Waals surface area contributed by atoms with E-state index in [-0.39, 0.29) is 0 Å². The van der Waals surface area contributed by atoms with Crippen molar-refractivity contribution in [2.75, 3.05) is 29.9 Å². The molecule has 1 aliphatic rings. The Morgan fingerprint density at radius 1 is 1.33 bits per heavy atom. The van der Waals surface area contributed by atoms with Crippen molar-refractivity contribution in [2.24, 2.45) is 5.41 Å². The van der Waals surface area contributed by atoms with Gasteiger partial charge in [-0.3, -0.25) is 0 Å². The second-order valence-electron chi connectivity index (χ2n) is 5.31. The molecular formula is C15H25N3. The third-order valence-electron chi connectivity index (χ3n) is 4.40. The largest absolute Gasteiger partial charge is 0.371 e. The Bertz CT molecular complexity index is 385. The third-order valence-corrected chi connectivity index (χ3v) is 4.40. The van der Waals surface area contributed by atoms with Crippen LogP contribution in [0.25, 0.3) is 0 Å². The number of anilines is 2. The summed E-state index contributed by atoms with van der Waals surface area (Å²) in [4.78, 5) is 6.85. The molecule has 1 aliphatic heterocycles. The fraction of sp³-hybridized carbons (Fsp3) is 0.667. The van der Waals surface area contributed by atoms with Crippen LogP contribution in [0, 0.1) is 5.41 Å². The Morgan fingerprint density at radius 3 is 2.72 bits per heavy atom. The van der Waals surface area contributed by atoms with E-state index in [1.165, 1.54) is 38.0 Å². The fourth-order valence-electron chi connectivity index (χ4n) is 2.88. The zero-order chi connectivity index (χ0) is 13.0. The summed E-state index contributed by atoms with van der Waals surface area (Å²) in [6, 6.07) is 4.30. The highest BCUT2D eigenvalue weighted by atomic mass is 15.2. The van der Waals surface area contributed by atoms with Crippen LogP contribution in [0.1, 0.15) is 40.0 Å². The van der Waals surface area contributed by atoms with Gasteiger partial charge >= 0.3 is 0 Å². The van der Waals surface area contributed by atoms with Crippen molar-refractivity contribution in [3.05, 3.63) is 18.3 Å². The predicted octanol–water partition coefficient (Wildman–Crippen LogP) is 3.53. The number of nitrogens with zero attached hydrogens (tertiary/aromatic N) is 2. The van der Waals surface area contributed by atoms with Gasteiger partial charge in [-0.2, -0.15) is 0 Å². The van der Waals surface area contributed by atoms with Crippen LogP contribution in [-0.2, 0) is 0 Å². The molecule has 0 spiro atoms. The molecule has 0 unspecified atom stereocenters. The highest BCUT2D eigenvalue weighted by molar-refractivity contribution is 5.54. The molecule has 0 aliphatic carbocycles. The van der Waals surface area contributed by atoms with Gasteiger partial charge in [0.25, 0.3) is 0 Å². The molecule has 2 rings (SSSR count). The van der Waals surface area contributed by atoms with Gasteiger partial charge in [-0.1, -0.05) is 13.8 Å². The number of aromatic nitrogens is 1. The third kappa shape index (κ3) is 2.60. The zero-order valence-corrected chi connectivity index (χ0v) is 11.9. The van der Waals surface area contributed by atoms with Gasteiger partial charge in [0, 0.05) is 37.6 Å². The molecule has 2 heterocycles. The maximum Gasteiger partial charge on any atom is 0.127 e. The Hall–Kier alpha value is -1.25. The molecule has 1 N–H and O–H groups in total. The van der Waals surface area contributed by atoms with Crippen molar-refractivity contribution >= 4 is 11.5 Å². The van der Waals surface area contributed by atoms with Crippen LogP contribution < -0.4 is 10.2 Å². The van der Waals surface area contributed by atoms with Crippen molar-refractivity contribution in [1.29, 1.82) is 0 Å². The molecule has 0 atom stereocenters. The maximum absolute atomic E-state index is 4.34. The number of nitrogens with one attached hydrogen (secondary N) is 1. The average molecular weight is 247 g/mol. The molecule has 0 amide bonds. The van der Waals surface area contributed by atoms with Crippen LogP contribution >= 0.6 is 0 Å². The summed E-state index contributed by atoms with van der Waals surface area (Å²) in [6.45, 7) is 10.0. The molecule has 0 saturated carbocycles. The van der Waals surface area contributed by atoms with Crippen molar-refractivity contribution in [3.63, 3.8) is 0 Å². The van der Waals surface area contributed by atoms with Gasteiger partial charge in [-0.05, 0) is 37.7 Å². The van der Waals surface area contributed by atoms with Crippen LogP contribution in [0.2, 0.25) is 0 Å². The lowest BCUT2D eigenvalue weighted by molar-refractivity contribution is 0.301. The van der Waals surface area contributed by atoms with Crippen molar-refractivity contribution in [3.8, 4) is 0 Å². The van der Waals surface area contributed by atoms with E-state index >= 15 is 0 Å². The van der Waals surface area contributed by atoms with Gasteiger partial charge < -0.3 is 10.2 Å². The van der Waals surface area contributed by atoms with E-state index in [2.05, 4.69) is 48.1 Å². The number of hydrogen-bond donors (Lipinski definition) is 1. The first kappa shape index (κ1) is 13.2. The molecular weight excluding hydrogens is 222 g/mol. The minimum atomic E-state index is 0.529. The molecule has 18 heavy (non-hydrogen) atoms. The van der Waals surface area contributed by atoms with Gasteiger partial charge in [-0.25, -0.2) is 4.98 Å². The minimum absolute atomic E-state index is 0.529. The van der Waals surface area contributed by atoms with Crippen molar-refractivity contribution < 1.29 is 0 Å². The zero-order valence-electron chi connectivity index (χ0n) is 11.9. The summed E-state index contributed by atoms with van der Waals surface area (Å²) in [5.74, 6) is 0.987. The predicted molar refractivity (Wildman–Crippen MR) is 78.2 cm³/mol. The summed E-state index contributed by atoms with van der Waals surface area (Å²) >= 11 is 0. The van der Waals surface area contributed by atoms with Gasteiger partial charge in [0.05, 0.1) is 0 Å². The lowest BCUT2D eigenvalue weighted by Gasteiger charge is -2.27. The summed E-state index contributed by atoms with van der Waals surface area (Å²) in [7, 11) is 0. The molecule has 1 saturated heterocycles. The normalized spacial score (nSPS) is 18.1. The quantitative estimate of drug-likeness (QED) is 0.862. The van der Waals surface area contributed by atoms with Gasteiger partial charge in [-0.15, -0.1) is 0 Å². The van der Waals surface area contributed by atoms with Crippen LogP contribution in [-0.4, -0.2) is 24.6 Å². The summed E-state index contributed by atoms with van der Waals surface area (Å²) in [5, 5.41) is 3.28. The average Bonchev–Trinajstić information content (AvgIpc) is 2.85. The van der Waals surface area contributed by atoms with E-state index in [4.69, 9.17) is 0 Å². The van der Waals surface area contributed by atoms with E-state index in [0.717, 1.165) is 12.4 Å². The van der Waals surface area contributed by atoms with Crippen molar-refractivity contribution in [2.45, 2.75) is 40.0 Å². The number of rotatable bonds is 5. The monoisotopic (exact) mass is 247 g/mol. The lowest BCUT2D eigenvalue weighted by Crippen LogP contribution is -2.26. The summed E-state index contributed by atoms with van der Waals surface area (Å²) in [5.41, 5.74) is 1.84. The molecule has 3 nitrogen and oxygen atoms in total. The van der Waals surface area contributed by atoms with Crippen LogP contribution in [0.3, 0.4) is 0 Å². The smallest absolute Gasteiger partial charge is 0.127 e. The topological polar surface area (TPSA) is 28.2 Å². The first-order valence-electron chi connectivity index (χ1n) is 7.18. The fourth-order valence-corrected chi connectivity index (χ4v) is 2.88. The molecule has 0 bridgehead atoms. The summed E-state index contributed by atoms with van der Waals surface area (Å²) in [6.07, 6.45) is 5.79. The van der Waals surface area contributed by atoms with Crippen LogP contribution in [0.5, 0.6) is 0 Å². The first-order valence-corrected chi connectivity index (χ1v) is 7.18. The molecule has 1 fully saturated rings. The molecule has 0 radical (unpaired) electrons. The van der Waals surface area contributed by atoms with E-state index in [1.807, 2.05) is 6.20 Å². The standard InChI is InChI=1S/C15H25N3/c1-4-15(5-2)8-10-18(12-15)13-7-9-17-14(11-13)16-6-3/h7,9,11H,4-6,8,10,12H2,1-3H3,(H,16,17). The highest BCUT2D eigenvalue weighted by Gasteiger charge is 2.34. The molecule has 1 aromatic heterocycles. The van der Waals surface area contributed by atoms with E-state index in [0.29, 0.717) is 5.41 Å². The second kappa shape index (κ2) is 5.59. The minimum Gasteiger partial charge on any atom is -0.371 e. The summed E-state index contributed by atoms with van der Waals surface area (Å²) < 4.78 is 0. The van der Waals surface area contributed by atoms with Crippen molar-refractivity contribution in [1.82, 2.24) is 4.98 Å². The molecule has 0 aromatic carbocycles. The Morgan fingerprint density at radius 2 is 2.11 bits per heavy atom. The molecule has 1 aromatic rings. The first-order chi connectivity index (χ1) is 8.73. The van der Waals surface area contributed by atoms with Gasteiger partial charge in [0.15, 0.2) is 0 Å². The number of hydrogen-bond acceptors (Lipinski definition) is 3. The van der Waals surface area contributed by atoms with Gasteiger partial charge in [0.2, 0.25) is 0 Å². The van der Waals surface area contributed by atoms with E-state index in [1.54, 1.807) is 0 Å². The van der Waals surface area contributed by atoms with E-state index in [9.17, 15) is 0 Å². The Kier molecular flexibility index (Phi) is 4.10. The Labute approximate surface area is 111 Å². The Balaban J connectivity index is 2.11. The highest BCUT2D eigenvalue weighted by Crippen LogP contribution is 2.39. The number of pyridine rings is 1. The molecule has 3 heteroatoms. The lowest BCUT2D eigenvalue weighted by atomic mass is 9.82. The molecule has 100 valence electrons. The van der Waals surface area contributed by atoms with E-state index < -0.39 is 0 Å². The second-order valence-corrected chi connectivity index (χ2v) is 5.31. The van der Waals surface area contributed by atoms with Gasteiger partial charge in [0.1, 0.15) is 5.82 Å². The van der Waals surface area contributed by atoms with Crippen LogP contribution in [0.4, 0.5) is 11.5 Å². The maximum atomic E-state index is 4.34. The van der Waals surface area contributed by atoms with Crippen LogP contribution in [0.15, 0.2) is 18.3 Å².